The highest BCUT2D eigenvalue weighted by atomic mass is 35.5. The number of nitrogens with one attached hydrogen (secondary N) is 1. The molecule has 1 fully saturated rings. The number of nitrogens with zero attached hydrogens (tertiary/aromatic N) is 2. The summed E-state index contributed by atoms with van der Waals surface area (Å²) < 4.78 is 5.40. The Morgan fingerprint density at radius 2 is 1.78 bits per heavy atom. The highest BCUT2D eigenvalue weighted by Gasteiger charge is 2.19. The molecule has 1 saturated heterocycles. The van der Waals surface area contributed by atoms with Crippen molar-refractivity contribution in [3.63, 3.8) is 0 Å². The molecule has 2 amide bonds. The van der Waals surface area contributed by atoms with Crippen LogP contribution in [0.4, 0.5) is 17.1 Å². The summed E-state index contributed by atoms with van der Waals surface area (Å²) in [6, 6.07) is 14.5. The highest BCUT2D eigenvalue weighted by Crippen LogP contribution is 2.26. The van der Waals surface area contributed by atoms with Crippen molar-refractivity contribution in [1.29, 1.82) is 0 Å². The molecule has 0 saturated carbocycles. The molecule has 7 heteroatoms. The molecular formula is C20H22ClN3O3. The number of morpholine rings is 1. The number of benzene rings is 2. The van der Waals surface area contributed by atoms with Crippen LogP contribution in [0, 0.1) is 0 Å². The zero-order chi connectivity index (χ0) is 19.2. The first kappa shape index (κ1) is 19.2. The molecule has 0 aromatic heterocycles. The number of rotatable bonds is 5. The summed E-state index contributed by atoms with van der Waals surface area (Å²) in [6.07, 6.45) is 0. The Labute approximate surface area is 163 Å². The number of carbonyl (C=O) groups excluding carboxylic acids is 2. The number of hydrogen-bond acceptors (Lipinski definition) is 4. The van der Waals surface area contributed by atoms with Gasteiger partial charge in [-0.3, -0.25) is 9.59 Å². The molecule has 1 aliphatic heterocycles. The Morgan fingerprint density at radius 3 is 2.44 bits per heavy atom. The summed E-state index contributed by atoms with van der Waals surface area (Å²) in [5.74, 6) is -0.477. The van der Waals surface area contributed by atoms with Gasteiger partial charge >= 0.3 is 0 Å². The van der Waals surface area contributed by atoms with Crippen LogP contribution in [0.1, 0.15) is 6.92 Å². The summed E-state index contributed by atoms with van der Waals surface area (Å²) >= 11 is 5.90. The number of halogens is 1. The largest absolute Gasteiger partial charge is 0.378 e. The van der Waals surface area contributed by atoms with Gasteiger partial charge in [0, 0.05) is 30.7 Å². The Bertz CT molecular complexity index is 804. The van der Waals surface area contributed by atoms with Crippen LogP contribution < -0.4 is 15.1 Å². The standard InChI is InChI=1S/C20H22ClN3O3/c1-15(25)24(17-8-6-16(21)7-9-17)14-20(26)22-18-4-2-3-5-19(18)23-10-12-27-13-11-23/h2-9H,10-14H2,1H3,(H,22,26). The second-order valence-corrected chi connectivity index (χ2v) is 6.68. The molecule has 27 heavy (non-hydrogen) atoms. The van der Waals surface area contributed by atoms with Gasteiger partial charge in [0.1, 0.15) is 6.54 Å². The van der Waals surface area contributed by atoms with Gasteiger partial charge in [-0.2, -0.15) is 0 Å². The lowest BCUT2D eigenvalue weighted by molar-refractivity contribution is -0.120. The van der Waals surface area contributed by atoms with E-state index in [9.17, 15) is 9.59 Å². The predicted molar refractivity (Wildman–Crippen MR) is 108 cm³/mol. The zero-order valence-corrected chi connectivity index (χ0v) is 15.9. The lowest BCUT2D eigenvalue weighted by Gasteiger charge is -2.30. The van der Waals surface area contributed by atoms with Crippen molar-refractivity contribution in [3.8, 4) is 0 Å². The van der Waals surface area contributed by atoms with E-state index in [-0.39, 0.29) is 18.4 Å². The fraction of sp³-hybridized carbons (Fsp3) is 0.300. The predicted octanol–water partition coefficient (Wildman–Crippen LogP) is 3.17. The molecule has 0 atom stereocenters. The molecule has 1 N–H and O–H groups in total. The van der Waals surface area contributed by atoms with Crippen LogP contribution in [0.15, 0.2) is 48.5 Å². The monoisotopic (exact) mass is 387 g/mol. The van der Waals surface area contributed by atoms with Crippen LogP contribution in [-0.4, -0.2) is 44.7 Å². The maximum Gasteiger partial charge on any atom is 0.244 e. The smallest absolute Gasteiger partial charge is 0.244 e. The summed E-state index contributed by atoms with van der Waals surface area (Å²) in [5, 5.41) is 3.51. The quantitative estimate of drug-likeness (QED) is 0.856. The first-order valence-electron chi connectivity index (χ1n) is 8.80. The maximum atomic E-state index is 12.6. The van der Waals surface area contributed by atoms with Crippen LogP contribution in [-0.2, 0) is 14.3 Å². The number of ether oxygens (including phenoxy) is 1. The number of anilines is 3. The molecule has 1 heterocycles. The van der Waals surface area contributed by atoms with Gasteiger partial charge in [0.2, 0.25) is 11.8 Å². The van der Waals surface area contributed by atoms with Crippen LogP contribution >= 0.6 is 11.6 Å². The fourth-order valence-electron chi connectivity index (χ4n) is 3.00. The number of amides is 2. The zero-order valence-electron chi connectivity index (χ0n) is 15.2. The first-order valence-corrected chi connectivity index (χ1v) is 9.17. The molecule has 0 bridgehead atoms. The third kappa shape index (κ3) is 4.99. The van der Waals surface area contributed by atoms with E-state index in [4.69, 9.17) is 16.3 Å². The molecule has 0 spiro atoms. The van der Waals surface area contributed by atoms with E-state index in [1.165, 1.54) is 11.8 Å². The number of carbonyl (C=O) groups is 2. The maximum absolute atomic E-state index is 12.6. The molecular weight excluding hydrogens is 366 g/mol. The molecule has 6 nitrogen and oxygen atoms in total. The van der Waals surface area contributed by atoms with E-state index in [0.717, 1.165) is 24.5 Å². The second kappa shape index (κ2) is 8.88. The van der Waals surface area contributed by atoms with E-state index in [0.29, 0.717) is 23.9 Å². The Kier molecular flexibility index (Phi) is 6.32. The number of hydrogen-bond donors (Lipinski definition) is 1. The summed E-state index contributed by atoms with van der Waals surface area (Å²) in [5.41, 5.74) is 2.31. The molecule has 2 aromatic carbocycles. The molecule has 2 aromatic rings. The molecule has 0 aliphatic carbocycles. The van der Waals surface area contributed by atoms with Crippen LogP contribution in [0.3, 0.4) is 0 Å². The average Bonchev–Trinajstić information content (AvgIpc) is 2.68. The summed E-state index contributed by atoms with van der Waals surface area (Å²) in [4.78, 5) is 28.3. The molecule has 1 aliphatic rings. The third-order valence-corrected chi connectivity index (χ3v) is 4.60. The van der Waals surface area contributed by atoms with Crippen LogP contribution in [0.5, 0.6) is 0 Å². The molecule has 0 unspecified atom stereocenters. The van der Waals surface area contributed by atoms with Crippen LogP contribution in [0.2, 0.25) is 5.02 Å². The summed E-state index contributed by atoms with van der Waals surface area (Å²) in [7, 11) is 0. The van der Waals surface area contributed by atoms with E-state index < -0.39 is 0 Å². The van der Waals surface area contributed by atoms with Crippen molar-refractivity contribution in [2.45, 2.75) is 6.92 Å². The molecule has 0 radical (unpaired) electrons. The van der Waals surface area contributed by atoms with Gasteiger partial charge in [-0.05, 0) is 36.4 Å². The van der Waals surface area contributed by atoms with Crippen molar-refractivity contribution in [2.24, 2.45) is 0 Å². The third-order valence-electron chi connectivity index (χ3n) is 4.35. The van der Waals surface area contributed by atoms with Gasteiger partial charge in [-0.15, -0.1) is 0 Å². The molecule has 142 valence electrons. The summed E-state index contributed by atoms with van der Waals surface area (Å²) in [6.45, 7) is 4.24. The Morgan fingerprint density at radius 1 is 1.11 bits per heavy atom. The van der Waals surface area contributed by atoms with Gasteiger partial charge in [0.25, 0.3) is 0 Å². The van der Waals surface area contributed by atoms with Crippen molar-refractivity contribution in [2.75, 3.05) is 48.0 Å². The SMILES string of the molecule is CC(=O)N(CC(=O)Nc1ccccc1N1CCOCC1)c1ccc(Cl)cc1. The minimum Gasteiger partial charge on any atom is -0.378 e. The van der Waals surface area contributed by atoms with Crippen molar-refractivity contribution in [3.05, 3.63) is 53.6 Å². The second-order valence-electron chi connectivity index (χ2n) is 6.25. The van der Waals surface area contributed by atoms with Gasteiger partial charge in [-0.25, -0.2) is 0 Å². The molecule has 3 rings (SSSR count). The lowest BCUT2D eigenvalue weighted by Crippen LogP contribution is -2.38. The Hall–Kier alpha value is -2.57. The minimum absolute atomic E-state index is 0.0750. The topological polar surface area (TPSA) is 61.9 Å². The van der Waals surface area contributed by atoms with Gasteiger partial charge < -0.3 is 19.9 Å². The normalized spacial score (nSPS) is 13.9. The van der Waals surface area contributed by atoms with Gasteiger partial charge in [0.15, 0.2) is 0 Å². The van der Waals surface area contributed by atoms with Gasteiger partial charge in [0.05, 0.1) is 24.6 Å². The first-order chi connectivity index (χ1) is 13.0. The van der Waals surface area contributed by atoms with E-state index in [1.807, 2.05) is 24.3 Å². The van der Waals surface area contributed by atoms with Gasteiger partial charge in [-0.1, -0.05) is 23.7 Å². The average molecular weight is 388 g/mol. The van der Waals surface area contributed by atoms with Crippen molar-refractivity contribution in [1.82, 2.24) is 0 Å². The lowest BCUT2D eigenvalue weighted by atomic mass is 10.2. The van der Waals surface area contributed by atoms with E-state index >= 15 is 0 Å². The van der Waals surface area contributed by atoms with Crippen LogP contribution in [0.25, 0.3) is 0 Å². The van der Waals surface area contributed by atoms with E-state index in [1.54, 1.807) is 24.3 Å². The fourth-order valence-corrected chi connectivity index (χ4v) is 3.12. The van der Waals surface area contributed by atoms with Crippen molar-refractivity contribution >= 4 is 40.5 Å². The van der Waals surface area contributed by atoms with E-state index in [2.05, 4.69) is 10.2 Å². The van der Waals surface area contributed by atoms with Crippen molar-refractivity contribution < 1.29 is 14.3 Å². The Balaban J connectivity index is 1.73. The highest BCUT2D eigenvalue weighted by molar-refractivity contribution is 6.30. The number of para-hydroxylation sites is 2. The minimum atomic E-state index is -0.263.